The van der Waals surface area contributed by atoms with Crippen molar-refractivity contribution >= 4 is 11.6 Å². The van der Waals surface area contributed by atoms with Gasteiger partial charge in [-0.2, -0.15) is 5.26 Å². The molecule has 0 aromatic heterocycles. The number of rotatable bonds is 0. The van der Waals surface area contributed by atoms with Crippen LogP contribution in [0.25, 0.3) is 0 Å². The van der Waals surface area contributed by atoms with Crippen molar-refractivity contribution in [2.75, 3.05) is 0 Å². The molecule has 0 N–H and O–H groups in total. The molecule has 1 nitrogen and oxygen atoms in total. The van der Waals surface area contributed by atoms with E-state index < -0.39 is 5.82 Å². The zero-order valence-electron chi connectivity index (χ0n) is 5.94. The summed E-state index contributed by atoms with van der Waals surface area (Å²) in [6.07, 6.45) is 0. The topological polar surface area (TPSA) is 23.8 Å². The van der Waals surface area contributed by atoms with Crippen molar-refractivity contribution in [1.82, 2.24) is 0 Å². The van der Waals surface area contributed by atoms with Crippen molar-refractivity contribution in [3.63, 3.8) is 0 Å². The minimum atomic E-state index is -0.414. The average molecular weight is 180 g/mol. The molecule has 58 valence electrons. The van der Waals surface area contributed by atoms with Crippen LogP contribution in [0.4, 0.5) is 4.39 Å². The minimum absolute atomic E-state index is 0.220. The molecule has 1 aromatic carbocycles. The molecule has 0 heterocycles. The van der Waals surface area contributed by atoms with Gasteiger partial charge in [0.2, 0.25) is 0 Å². The Balaban J connectivity index is 3.12. The monoisotopic (exact) mass is 179 g/mol. The third kappa shape index (κ3) is 1.99. The van der Waals surface area contributed by atoms with Gasteiger partial charge in [-0.15, -0.1) is 0 Å². The van der Waals surface area contributed by atoms with Gasteiger partial charge in [0.25, 0.3) is 0 Å². The van der Waals surface area contributed by atoms with Crippen molar-refractivity contribution in [1.29, 1.82) is 5.26 Å². The van der Waals surface area contributed by atoms with Crippen LogP contribution in [0.3, 0.4) is 0 Å². The summed E-state index contributed by atoms with van der Waals surface area (Å²) in [5.41, 5.74) is 0.458. The Kier molecular flexibility index (Phi) is 2.69. The predicted octanol–water partition coefficient (Wildman–Crippen LogP) is 2.35. The summed E-state index contributed by atoms with van der Waals surface area (Å²) in [5, 5.41) is 8.35. The molecule has 1 rings (SSSR count). The van der Waals surface area contributed by atoms with E-state index in [2.05, 4.69) is 11.8 Å². The van der Waals surface area contributed by atoms with E-state index in [1.165, 1.54) is 12.1 Å². The van der Waals surface area contributed by atoms with E-state index in [1.807, 2.05) is 0 Å². The van der Waals surface area contributed by atoms with E-state index in [0.29, 0.717) is 5.56 Å². The van der Waals surface area contributed by atoms with Gasteiger partial charge in [0.05, 0.1) is 5.02 Å². The Morgan fingerprint density at radius 3 is 2.75 bits per heavy atom. The van der Waals surface area contributed by atoms with Crippen LogP contribution < -0.4 is 0 Å². The predicted molar refractivity (Wildman–Crippen MR) is 43.9 cm³/mol. The van der Waals surface area contributed by atoms with Crippen LogP contribution in [0.5, 0.6) is 0 Å². The summed E-state index contributed by atoms with van der Waals surface area (Å²) in [5.74, 6) is 4.24. The fourth-order valence-electron chi connectivity index (χ4n) is 0.686. The maximum atomic E-state index is 12.5. The highest BCUT2D eigenvalue weighted by atomic mass is 35.5. The number of hydrogen-bond acceptors (Lipinski definition) is 1. The van der Waals surface area contributed by atoms with E-state index >= 15 is 0 Å². The molecule has 0 aliphatic heterocycles. The zero-order chi connectivity index (χ0) is 8.97. The average Bonchev–Trinajstić information content (AvgIpc) is 2.03. The first-order chi connectivity index (χ1) is 5.74. The lowest BCUT2D eigenvalue weighted by molar-refractivity contribution is 0.628. The summed E-state index contributed by atoms with van der Waals surface area (Å²) in [4.78, 5) is 0. The Morgan fingerprint density at radius 1 is 1.42 bits per heavy atom. The maximum Gasteiger partial charge on any atom is 0.152 e. The van der Waals surface area contributed by atoms with Gasteiger partial charge in [0.15, 0.2) is 6.07 Å². The van der Waals surface area contributed by atoms with Crippen LogP contribution >= 0.6 is 11.6 Å². The number of nitriles is 1. The van der Waals surface area contributed by atoms with Crippen molar-refractivity contribution in [3.05, 3.63) is 34.6 Å². The summed E-state index contributed by atoms with van der Waals surface area (Å²) in [7, 11) is 0. The standard InChI is InChI=1S/C9H3ClFN/c10-9-6-8(11)4-3-7(9)2-1-5-12/h3-4,6H. The Hall–Kier alpha value is -1.51. The third-order valence-corrected chi connectivity index (χ3v) is 1.50. The van der Waals surface area contributed by atoms with Crippen LogP contribution in [-0.2, 0) is 0 Å². The Bertz CT molecular complexity index is 395. The molecule has 0 amide bonds. The Morgan fingerprint density at radius 2 is 2.17 bits per heavy atom. The summed E-state index contributed by atoms with van der Waals surface area (Å²) >= 11 is 5.61. The molecule has 0 radical (unpaired) electrons. The van der Waals surface area contributed by atoms with E-state index in [4.69, 9.17) is 16.9 Å². The number of nitrogens with zero attached hydrogens (tertiary/aromatic N) is 1. The fraction of sp³-hybridized carbons (Fsp3) is 0. The molecule has 0 unspecified atom stereocenters. The molecule has 0 saturated heterocycles. The lowest BCUT2D eigenvalue weighted by atomic mass is 10.2. The maximum absolute atomic E-state index is 12.5. The summed E-state index contributed by atoms with van der Waals surface area (Å²) < 4.78 is 12.5. The molecule has 0 fully saturated rings. The van der Waals surface area contributed by atoms with E-state index in [9.17, 15) is 4.39 Å². The number of halogens is 2. The molecule has 0 atom stereocenters. The van der Waals surface area contributed by atoms with Gasteiger partial charge >= 0.3 is 0 Å². The lowest BCUT2D eigenvalue weighted by Crippen LogP contribution is -1.78. The van der Waals surface area contributed by atoms with Gasteiger partial charge in [0, 0.05) is 11.5 Å². The largest absolute Gasteiger partial charge is 0.207 e. The molecule has 12 heavy (non-hydrogen) atoms. The van der Waals surface area contributed by atoms with Crippen LogP contribution in [-0.4, -0.2) is 0 Å². The molecule has 0 bridgehead atoms. The first-order valence-electron chi connectivity index (χ1n) is 3.09. The van der Waals surface area contributed by atoms with E-state index in [1.54, 1.807) is 6.07 Å². The van der Waals surface area contributed by atoms with Crippen LogP contribution in [0.1, 0.15) is 5.56 Å². The molecular formula is C9H3ClFN. The van der Waals surface area contributed by atoms with Gasteiger partial charge < -0.3 is 0 Å². The van der Waals surface area contributed by atoms with E-state index in [0.717, 1.165) is 6.07 Å². The highest BCUT2D eigenvalue weighted by Gasteiger charge is 1.97. The number of benzene rings is 1. The SMILES string of the molecule is N#CC#Cc1ccc(F)cc1Cl. The normalized spacial score (nSPS) is 8.08. The minimum Gasteiger partial charge on any atom is -0.207 e. The Labute approximate surface area is 74.4 Å². The fourth-order valence-corrected chi connectivity index (χ4v) is 0.901. The van der Waals surface area contributed by atoms with Crippen LogP contribution in [0, 0.1) is 29.0 Å². The molecule has 1 aromatic rings. The zero-order valence-corrected chi connectivity index (χ0v) is 6.69. The molecule has 3 heteroatoms. The van der Waals surface area contributed by atoms with Gasteiger partial charge in [0.1, 0.15) is 5.82 Å². The number of hydrogen-bond donors (Lipinski definition) is 0. The van der Waals surface area contributed by atoms with E-state index in [-0.39, 0.29) is 5.02 Å². The van der Waals surface area contributed by atoms with Crippen molar-refractivity contribution in [3.8, 4) is 17.9 Å². The van der Waals surface area contributed by atoms with Crippen LogP contribution in [0.15, 0.2) is 18.2 Å². The quantitative estimate of drug-likeness (QED) is 0.561. The summed E-state index contributed by atoms with van der Waals surface area (Å²) in [6.45, 7) is 0. The van der Waals surface area contributed by atoms with Crippen molar-refractivity contribution < 1.29 is 4.39 Å². The second kappa shape index (κ2) is 3.76. The first kappa shape index (κ1) is 8.59. The molecule has 0 saturated carbocycles. The third-order valence-electron chi connectivity index (χ3n) is 1.18. The highest BCUT2D eigenvalue weighted by molar-refractivity contribution is 6.31. The molecule has 0 aliphatic rings. The smallest absolute Gasteiger partial charge is 0.152 e. The van der Waals surface area contributed by atoms with Crippen molar-refractivity contribution in [2.24, 2.45) is 0 Å². The summed E-state index contributed by atoms with van der Waals surface area (Å²) in [6, 6.07) is 5.48. The van der Waals surface area contributed by atoms with Crippen LogP contribution in [0.2, 0.25) is 5.02 Å². The van der Waals surface area contributed by atoms with Gasteiger partial charge in [-0.25, -0.2) is 4.39 Å². The second-order valence-electron chi connectivity index (χ2n) is 1.99. The van der Waals surface area contributed by atoms with Crippen molar-refractivity contribution in [2.45, 2.75) is 0 Å². The first-order valence-corrected chi connectivity index (χ1v) is 3.47. The molecular weight excluding hydrogens is 177 g/mol. The molecule has 0 spiro atoms. The highest BCUT2D eigenvalue weighted by Crippen LogP contribution is 2.15. The van der Waals surface area contributed by atoms with Gasteiger partial charge in [-0.3, -0.25) is 0 Å². The second-order valence-corrected chi connectivity index (χ2v) is 2.39. The van der Waals surface area contributed by atoms with Gasteiger partial charge in [-0.05, 0) is 24.1 Å². The lowest BCUT2D eigenvalue weighted by Gasteiger charge is -1.93. The van der Waals surface area contributed by atoms with Gasteiger partial charge in [-0.1, -0.05) is 11.6 Å². The molecule has 0 aliphatic carbocycles.